The molecule has 0 amide bonds. The molecule has 0 N–H and O–H groups in total. The first-order valence-electron chi connectivity index (χ1n) is 7.49. The van der Waals surface area contributed by atoms with Crippen molar-refractivity contribution < 1.29 is 18.7 Å². The first-order valence-corrected chi connectivity index (χ1v) is 7.49. The predicted octanol–water partition coefficient (Wildman–Crippen LogP) is 3.12. The molecule has 0 fully saturated rings. The Balaban J connectivity index is 2.53. The molecule has 1 aromatic heterocycles. The van der Waals surface area contributed by atoms with Crippen LogP contribution in [0.25, 0.3) is 11.0 Å². The van der Waals surface area contributed by atoms with Crippen LogP contribution in [-0.2, 0) is 16.0 Å². The van der Waals surface area contributed by atoms with E-state index in [2.05, 4.69) is 0 Å². The summed E-state index contributed by atoms with van der Waals surface area (Å²) in [5.74, 6) is 0.480. The molecular weight excluding hydrogens is 296 g/mol. The van der Waals surface area contributed by atoms with Crippen LogP contribution in [0.4, 0.5) is 0 Å². The fourth-order valence-electron chi connectivity index (χ4n) is 2.44. The molecule has 0 unspecified atom stereocenters. The smallest absolute Gasteiger partial charge is 0.336 e. The summed E-state index contributed by atoms with van der Waals surface area (Å²) >= 11 is 0. The summed E-state index contributed by atoms with van der Waals surface area (Å²) in [7, 11) is 1.54. The van der Waals surface area contributed by atoms with Gasteiger partial charge in [0.15, 0.2) is 5.78 Å². The van der Waals surface area contributed by atoms with E-state index in [0.717, 1.165) is 5.39 Å². The highest BCUT2D eigenvalue weighted by molar-refractivity contribution is 5.85. The molecule has 0 saturated heterocycles. The number of Topliss-reactive ketones (excluding diaryl/α,β-unsaturated/α-hetero) is 1. The Bertz CT molecular complexity index is 767. The van der Waals surface area contributed by atoms with Crippen molar-refractivity contribution in [1.82, 2.24) is 0 Å². The number of ether oxygens (including phenoxy) is 2. The van der Waals surface area contributed by atoms with Crippen LogP contribution >= 0.6 is 0 Å². The molecule has 0 saturated carbocycles. The molecule has 5 heteroatoms. The molecule has 23 heavy (non-hydrogen) atoms. The van der Waals surface area contributed by atoms with E-state index in [-0.39, 0.29) is 12.2 Å². The summed E-state index contributed by atoms with van der Waals surface area (Å²) in [5.41, 5.74) is 0.186. The van der Waals surface area contributed by atoms with Crippen molar-refractivity contribution in [2.24, 2.45) is 0 Å². The number of ketones is 1. The van der Waals surface area contributed by atoms with Gasteiger partial charge in [0.25, 0.3) is 0 Å². The van der Waals surface area contributed by atoms with E-state index in [9.17, 15) is 9.59 Å². The van der Waals surface area contributed by atoms with Crippen molar-refractivity contribution >= 4 is 16.8 Å². The van der Waals surface area contributed by atoms with Crippen LogP contribution in [0.5, 0.6) is 5.75 Å². The maximum atomic E-state index is 12.0. The molecule has 2 rings (SSSR count). The zero-order chi connectivity index (χ0) is 17.2. The highest BCUT2D eigenvalue weighted by atomic mass is 16.5. The Labute approximate surface area is 135 Å². The Morgan fingerprint density at radius 3 is 2.43 bits per heavy atom. The first-order chi connectivity index (χ1) is 10.7. The lowest BCUT2D eigenvalue weighted by molar-refractivity contribution is -0.137. The SMILES string of the molecule is COc1ccc2ccc(=O)oc2c1C[C@@H](OC(C)(C)C)C(C)=O. The standard InChI is InChI=1S/C18H22O5/c1-11(19)15(23-18(2,3)4)10-13-14(21-5)8-6-12-7-9-16(20)22-17(12)13/h6-9,15H,10H2,1-5H3/t15-/m1/s1. The van der Waals surface area contributed by atoms with Crippen LogP contribution < -0.4 is 10.4 Å². The third-order valence-electron chi connectivity index (χ3n) is 3.41. The normalized spacial score (nSPS) is 13.1. The van der Waals surface area contributed by atoms with E-state index in [1.165, 1.54) is 13.0 Å². The molecule has 1 aromatic carbocycles. The molecule has 5 nitrogen and oxygen atoms in total. The van der Waals surface area contributed by atoms with Gasteiger partial charge >= 0.3 is 5.63 Å². The van der Waals surface area contributed by atoms with Gasteiger partial charge in [-0.25, -0.2) is 4.79 Å². The van der Waals surface area contributed by atoms with Crippen LogP contribution in [0.15, 0.2) is 33.5 Å². The lowest BCUT2D eigenvalue weighted by Gasteiger charge is -2.26. The maximum Gasteiger partial charge on any atom is 0.336 e. The van der Waals surface area contributed by atoms with Crippen LogP contribution in [-0.4, -0.2) is 24.6 Å². The summed E-state index contributed by atoms with van der Waals surface area (Å²) < 4.78 is 16.6. The van der Waals surface area contributed by atoms with Crippen molar-refractivity contribution in [2.45, 2.75) is 45.8 Å². The van der Waals surface area contributed by atoms with Crippen LogP contribution in [0.2, 0.25) is 0 Å². The quantitative estimate of drug-likeness (QED) is 0.793. The van der Waals surface area contributed by atoms with Gasteiger partial charge in [-0.15, -0.1) is 0 Å². The number of rotatable bonds is 5. The second-order valence-corrected chi connectivity index (χ2v) is 6.45. The van der Waals surface area contributed by atoms with Crippen molar-refractivity contribution in [3.8, 4) is 5.75 Å². The van der Waals surface area contributed by atoms with E-state index in [4.69, 9.17) is 13.9 Å². The summed E-state index contributed by atoms with van der Waals surface area (Å²) in [5, 5.41) is 0.776. The topological polar surface area (TPSA) is 65.7 Å². The molecule has 2 aromatic rings. The van der Waals surface area contributed by atoms with Gasteiger partial charge < -0.3 is 13.9 Å². The van der Waals surface area contributed by atoms with Crippen LogP contribution in [0.3, 0.4) is 0 Å². The van der Waals surface area contributed by atoms with Gasteiger partial charge in [0.05, 0.1) is 12.7 Å². The molecule has 0 spiro atoms. The van der Waals surface area contributed by atoms with Gasteiger partial charge in [-0.05, 0) is 45.9 Å². The van der Waals surface area contributed by atoms with Gasteiger partial charge in [-0.3, -0.25) is 4.79 Å². The Morgan fingerprint density at radius 2 is 1.87 bits per heavy atom. The van der Waals surface area contributed by atoms with Gasteiger partial charge in [0.2, 0.25) is 0 Å². The molecule has 1 atom stereocenters. The van der Waals surface area contributed by atoms with Gasteiger partial charge in [0, 0.05) is 23.4 Å². The molecule has 0 radical (unpaired) electrons. The van der Waals surface area contributed by atoms with Crippen molar-refractivity contribution in [3.05, 3.63) is 40.2 Å². The summed E-state index contributed by atoms with van der Waals surface area (Å²) in [6.07, 6.45) is -0.361. The van der Waals surface area contributed by atoms with Crippen LogP contribution in [0, 0.1) is 0 Å². The zero-order valence-electron chi connectivity index (χ0n) is 14.1. The molecule has 1 heterocycles. The third kappa shape index (κ3) is 4.20. The molecule has 0 aliphatic rings. The van der Waals surface area contributed by atoms with E-state index < -0.39 is 17.3 Å². The Hall–Kier alpha value is -2.14. The number of methoxy groups -OCH3 is 1. The fraction of sp³-hybridized carbons (Fsp3) is 0.444. The largest absolute Gasteiger partial charge is 0.496 e. The summed E-state index contributed by atoms with van der Waals surface area (Å²) in [6, 6.07) is 6.67. The molecule has 0 aliphatic heterocycles. The molecule has 0 aliphatic carbocycles. The molecule has 124 valence electrons. The highest BCUT2D eigenvalue weighted by Crippen LogP contribution is 2.29. The lowest BCUT2D eigenvalue weighted by Crippen LogP contribution is -2.33. The van der Waals surface area contributed by atoms with Crippen molar-refractivity contribution in [3.63, 3.8) is 0 Å². The Morgan fingerprint density at radius 1 is 1.22 bits per heavy atom. The maximum absolute atomic E-state index is 12.0. The second kappa shape index (κ2) is 6.54. The van der Waals surface area contributed by atoms with Crippen molar-refractivity contribution in [1.29, 1.82) is 0 Å². The number of hydrogen-bond acceptors (Lipinski definition) is 5. The van der Waals surface area contributed by atoms with Gasteiger partial charge in [-0.2, -0.15) is 0 Å². The minimum atomic E-state index is -0.639. The molecular formula is C18H22O5. The van der Waals surface area contributed by atoms with Crippen molar-refractivity contribution in [2.75, 3.05) is 7.11 Å². The lowest BCUT2D eigenvalue weighted by atomic mass is 10.0. The van der Waals surface area contributed by atoms with Gasteiger partial charge in [-0.1, -0.05) is 0 Å². The number of carbonyl (C=O) groups is 1. The Kier molecular flexibility index (Phi) is 4.90. The summed E-state index contributed by atoms with van der Waals surface area (Å²) in [4.78, 5) is 23.5. The van der Waals surface area contributed by atoms with E-state index in [1.807, 2.05) is 26.8 Å². The van der Waals surface area contributed by atoms with Crippen LogP contribution in [0.1, 0.15) is 33.3 Å². The number of fused-ring (bicyclic) bond motifs is 1. The average molecular weight is 318 g/mol. The average Bonchev–Trinajstić information content (AvgIpc) is 2.45. The number of carbonyl (C=O) groups excluding carboxylic acids is 1. The minimum Gasteiger partial charge on any atom is -0.496 e. The molecule has 0 bridgehead atoms. The second-order valence-electron chi connectivity index (χ2n) is 6.45. The monoisotopic (exact) mass is 318 g/mol. The zero-order valence-corrected chi connectivity index (χ0v) is 14.1. The highest BCUT2D eigenvalue weighted by Gasteiger charge is 2.25. The van der Waals surface area contributed by atoms with E-state index in [0.29, 0.717) is 16.9 Å². The third-order valence-corrected chi connectivity index (χ3v) is 3.41. The first kappa shape index (κ1) is 17.2. The van der Waals surface area contributed by atoms with Gasteiger partial charge in [0.1, 0.15) is 17.4 Å². The number of hydrogen-bond donors (Lipinski definition) is 0. The number of benzene rings is 1. The predicted molar refractivity (Wildman–Crippen MR) is 88.0 cm³/mol. The van der Waals surface area contributed by atoms with E-state index >= 15 is 0 Å². The minimum absolute atomic E-state index is 0.0859. The fourth-order valence-corrected chi connectivity index (χ4v) is 2.44. The van der Waals surface area contributed by atoms with E-state index in [1.54, 1.807) is 19.2 Å². The summed E-state index contributed by atoms with van der Waals surface area (Å²) in [6.45, 7) is 7.17.